The molecule has 1 amide bonds. The number of rotatable bonds is 4. The van der Waals surface area contributed by atoms with E-state index in [1.165, 1.54) is 7.11 Å². The largest absolute Gasteiger partial charge is 0.494 e. The van der Waals surface area contributed by atoms with Gasteiger partial charge in [0.2, 0.25) is 0 Å². The summed E-state index contributed by atoms with van der Waals surface area (Å²) in [5.41, 5.74) is 8.40. The van der Waals surface area contributed by atoms with Crippen LogP contribution < -0.4 is 10.5 Å². The van der Waals surface area contributed by atoms with Crippen molar-refractivity contribution in [2.75, 3.05) is 19.9 Å². The normalized spacial score (nSPS) is 10.5. The Kier molecular flexibility index (Phi) is 4.16. The molecule has 6 nitrogen and oxygen atoms in total. The molecule has 0 spiro atoms. The Morgan fingerprint density at radius 2 is 2.14 bits per heavy atom. The number of nitrogen functional groups attached to an aromatic ring is 1. The predicted molar refractivity (Wildman–Crippen MR) is 79.2 cm³/mol. The molecule has 0 radical (unpaired) electrons. The number of ether oxygens (including phenoxy) is 1. The van der Waals surface area contributed by atoms with E-state index in [-0.39, 0.29) is 5.91 Å². The van der Waals surface area contributed by atoms with E-state index >= 15 is 0 Å². The molecule has 0 atom stereocenters. The first-order chi connectivity index (χ1) is 9.95. The summed E-state index contributed by atoms with van der Waals surface area (Å²) in [6.45, 7) is 4.10. The van der Waals surface area contributed by atoms with E-state index in [2.05, 4.69) is 5.16 Å². The summed E-state index contributed by atoms with van der Waals surface area (Å²) in [4.78, 5) is 14.2. The molecule has 0 aliphatic heterocycles. The quantitative estimate of drug-likeness (QED) is 0.872. The minimum Gasteiger partial charge on any atom is -0.494 e. The molecule has 0 unspecified atom stereocenters. The Morgan fingerprint density at radius 3 is 2.71 bits per heavy atom. The standard InChI is InChI=1S/C15H19N3O3/c1-9-12(10(2)21-17-9)8-18(3)15(19)11-6-5-7-13(16)14(11)20-4/h5-7H,8,16H2,1-4H3. The maximum atomic E-state index is 12.6. The van der Waals surface area contributed by atoms with Crippen molar-refractivity contribution >= 4 is 11.6 Å². The van der Waals surface area contributed by atoms with Crippen LogP contribution in [0.5, 0.6) is 5.75 Å². The number of carbonyl (C=O) groups is 1. The highest BCUT2D eigenvalue weighted by Crippen LogP contribution is 2.27. The third-order valence-electron chi connectivity index (χ3n) is 3.40. The van der Waals surface area contributed by atoms with Crippen molar-refractivity contribution in [3.63, 3.8) is 0 Å². The van der Waals surface area contributed by atoms with Crippen molar-refractivity contribution in [1.29, 1.82) is 0 Å². The molecule has 0 aliphatic carbocycles. The number of hydrogen-bond acceptors (Lipinski definition) is 5. The SMILES string of the molecule is COc1c(N)cccc1C(=O)N(C)Cc1c(C)noc1C. The van der Waals surface area contributed by atoms with Crippen LogP contribution in [0.1, 0.15) is 27.4 Å². The Labute approximate surface area is 123 Å². The number of aromatic nitrogens is 1. The average molecular weight is 289 g/mol. The van der Waals surface area contributed by atoms with E-state index in [1.807, 2.05) is 13.8 Å². The number of nitrogens with zero attached hydrogens (tertiary/aromatic N) is 2. The molecule has 0 bridgehead atoms. The first-order valence-electron chi connectivity index (χ1n) is 6.55. The summed E-state index contributed by atoms with van der Waals surface area (Å²) >= 11 is 0. The fourth-order valence-corrected chi connectivity index (χ4v) is 2.19. The van der Waals surface area contributed by atoms with Gasteiger partial charge in [0, 0.05) is 12.6 Å². The summed E-state index contributed by atoms with van der Waals surface area (Å²) in [5, 5.41) is 3.89. The first-order valence-corrected chi connectivity index (χ1v) is 6.55. The molecule has 2 N–H and O–H groups in total. The van der Waals surface area contributed by atoms with Crippen LogP contribution in [-0.4, -0.2) is 30.1 Å². The lowest BCUT2D eigenvalue weighted by Gasteiger charge is -2.19. The third kappa shape index (κ3) is 2.84. The Hall–Kier alpha value is -2.50. The van der Waals surface area contributed by atoms with Crippen molar-refractivity contribution in [2.45, 2.75) is 20.4 Å². The Morgan fingerprint density at radius 1 is 1.43 bits per heavy atom. The number of para-hydroxylation sites is 1. The number of nitrogens with two attached hydrogens (primary N) is 1. The van der Waals surface area contributed by atoms with E-state index in [0.29, 0.717) is 29.3 Å². The minimum absolute atomic E-state index is 0.167. The number of methoxy groups -OCH3 is 1. The average Bonchev–Trinajstić information content (AvgIpc) is 2.78. The molecule has 1 heterocycles. The highest BCUT2D eigenvalue weighted by Gasteiger charge is 2.20. The zero-order valence-corrected chi connectivity index (χ0v) is 12.6. The molecular weight excluding hydrogens is 270 g/mol. The van der Waals surface area contributed by atoms with Crippen LogP contribution in [0.4, 0.5) is 5.69 Å². The smallest absolute Gasteiger partial charge is 0.257 e. The van der Waals surface area contributed by atoms with Gasteiger partial charge in [-0.25, -0.2) is 0 Å². The van der Waals surface area contributed by atoms with Crippen molar-refractivity contribution < 1.29 is 14.1 Å². The Balaban J connectivity index is 2.26. The zero-order chi connectivity index (χ0) is 15.6. The van der Waals surface area contributed by atoms with Crippen LogP contribution in [0.15, 0.2) is 22.7 Å². The van der Waals surface area contributed by atoms with Gasteiger partial charge in [0.15, 0.2) is 5.75 Å². The lowest BCUT2D eigenvalue weighted by atomic mass is 10.1. The molecule has 2 aromatic rings. The van der Waals surface area contributed by atoms with Gasteiger partial charge in [0.1, 0.15) is 5.76 Å². The maximum absolute atomic E-state index is 12.6. The van der Waals surface area contributed by atoms with Gasteiger partial charge in [-0.1, -0.05) is 11.2 Å². The summed E-state index contributed by atoms with van der Waals surface area (Å²) in [6, 6.07) is 5.13. The van der Waals surface area contributed by atoms with Gasteiger partial charge in [-0.2, -0.15) is 0 Å². The van der Waals surface area contributed by atoms with Crippen molar-refractivity contribution in [3.8, 4) is 5.75 Å². The second kappa shape index (κ2) is 5.87. The van der Waals surface area contributed by atoms with Crippen LogP contribution in [0.3, 0.4) is 0 Å². The van der Waals surface area contributed by atoms with Gasteiger partial charge in [-0.3, -0.25) is 4.79 Å². The highest BCUT2D eigenvalue weighted by molar-refractivity contribution is 5.98. The predicted octanol–water partition coefficient (Wildman–Crippen LogP) is 2.15. The molecule has 1 aromatic carbocycles. The number of benzene rings is 1. The second-order valence-electron chi connectivity index (χ2n) is 4.89. The van der Waals surface area contributed by atoms with Crippen LogP contribution in [0, 0.1) is 13.8 Å². The molecule has 21 heavy (non-hydrogen) atoms. The molecule has 2 rings (SSSR count). The van der Waals surface area contributed by atoms with E-state index in [9.17, 15) is 4.79 Å². The molecule has 0 aliphatic rings. The van der Waals surface area contributed by atoms with Gasteiger partial charge in [0.05, 0.1) is 30.6 Å². The fourth-order valence-electron chi connectivity index (χ4n) is 2.19. The first kappa shape index (κ1) is 14.9. The van der Waals surface area contributed by atoms with Crippen LogP contribution in [-0.2, 0) is 6.54 Å². The lowest BCUT2D eigenvalue weighted by Crippen LogP contribution is -2.27. The topological polar surface area (TPSA) is 81.6 Å². The number of amides is 1. The van der Waals surface area contributed by atoms with Crippen molar-refractivity contribution in [2.24, 2.45) is 0 Å². The minimum atomic E-state index is -0.167. The van der Waals surface area contributed by atoms with E-state index in [0.717, 1.165) is 11.3 Å². The van der Waals surface area contributed by atoms with Crippen LogP contribution in [0.2, 0.25) is 0 Å². The fraction of sp³-hybridized carbons (Fsp3) is 0.333. The number of carbonyl (C=O) groups excluding carboxylic acids is 1. The van der Waals surface area contributed by atoms with Gasteiger partial charge in [-0.15, -0.1) is 0 Å². The Bertz CT molecular complexity index is 645. The molecule has 0 fully saturated rings. The third-order valence-corrected chi connectivity index (χ3v) is 3.40. The molecule has 112 valence electrons. The molecular formula is C15H19N3O3. The number of anilines is 1. The highest BCUT2D eigenvalue weighted by atomic mass is 16.5. The van der Waals surface area contributed by atoms with Crippen molar-refractivity contribution in [1.82, 2.24) is 10.1 Å². The second-order valence-corrected chi connectivity index (χ2v) is 4.89. The van der Waals surface area contributed by atoms with Gasteiger partial charge in [0.25, 0.3) is 5.91 Å². The number of aryl methyl sites for hydroxylation is 2. The lowest BCUT2D eigenvalue weighted by molar-refractivity contribution is 0.0781. The van der Waals surface area contributed by atoms with Gasteiger partial charge in [-0.05, 0) is 26.0 Å². The molecule has 0 saturated heterocycles. The van der Waals surface area contributed by atoms with Gasteiger partial charge >= 0.3 is 0 Å². The van der Waals surface area contributed by atoms with E-state index < -0.39 is 0 Å². The summed E-state index contributed by atoms with van der Waals surface area (Å²) in [7, 11) is 3.22. The molecule has 6 heteroatoms. The summed E-state index contributed by atoms with van der Waals surface area (Å²) in [5.74, 6) is 0.943. The number of hydrogen-bond donors (Lipinski definition) is 1. The zero-order valence-electron chi connectivity index (χ0n) is 12.6. The van der Waals surface area contributed by atoms with E-state index in [4.69, 9.17) is 15.0 Å². The molecule has 1 aromatic heterocycles. The molecule has 0 saturated carbocycles. The summed E-state index contributed by atoms with van der Waals surface area (Å²) < 4.78 is 10.3. The van der Waals surface area contributed by atoms with Crippen LogP contribution >= 0.6 is 0 Å². The van der Waals surface area contributed by atoms with Crippen molar-refractivity contribution in [3.05, 3.63) is 40.8 Å². The summed E-state index contributed by atoms with van der Waals surface area (Å²) in [6.07, 6.45) is 0. The van der Waals surface area contributed by atoms with Gasteiger partial charge < -0.3 is 19.9 Å². The monoisotopic (exact) mass is 289 g/mol. The van der Waals surface area contributed by atoms with E-state index in [1.54, 1.807) is 30.1 Å². The maximum Gasteiger partial charge on any atom is 0.257 e. The van der Waals surface area contributed by atoms with Crippen LogP contribution in [0.25, 0.3) is 0 Å².